The molecule has 192 valence electrons. The van der Waals surface area contributed by atoms with E-state index in [2.05, 4.69) is 20.2 Å². The lowest BCUT2D eigenvalue weighted by Crippen LogP contribution is -2.32. The van der Waals surface area contributed by atoms with Crippen LogP contribution in [-0.2, 0) is 17.6 Å². The molecule has 1 aliphatic carbocycles. The first kappa shape index (κ1) is 24.8. The first-order valence-electron chi connectivity index (χ1n) is 12.3. The molecule has 10 heteroatoms. The summed E-state index contributed by atoms with van der Waals surface area (Å²) in [5.74, 6) is -1.52. The van der Waals surface area contributed by atoms with Crippen molar-refractivity contribution < 1.29 is 18.4 Å². The van der Waals surface area contributed by atoms with Gasteiger partial charge in [0.2, 0.25) is 5.91 Å². The van der Waals surface area contributed by atoms with E-state index in [-0.39, 0.29) is 17.0 Å². The molecule has 0 spiro atoms. The van der Waals surface area contributed by atoms with Crippen molar-refractivity contribution in [2.24, 2.45) is 5.73 Å². The van der Waals surface area contributed by atoms with Gasteiger partial charge in [0.1, 0.15) is 11.6 Å². The normalized spacial score (nSPS) is 18.0. The van der Waals surface area contributed by atoms with Crippen molar-refractivity contribution >= 4 is 23.2 Å². The van der Waals surface area contributed by atoms with Crippen molar-refractivity contribution in [3.63, 3.8) is 0 Å². The number of carbonyl (C=O) groups is 2. The van der Waals surface area contributed by atoms with Gasteiger partial charge in [-0.15, -0.1) is 0 Å². The first-order chi connectivity index (χ1) is 17.8. The van der Waals surface area contributed by atoms with E-state index >= 15 is 0 Å². The number of rotatable bonds is 6. The topological polar surface area (TPSA) is 104 Å². The first-order valence-corrected chi connectivity index (χ1v) is 12.3. The third kappa shape index (κ3) is 5.15. The van der Waals surface area contributed by atoms with Crippen LogP contribution >= 0.6 is 0 Å². The Morgan fingerprint density at radius 3 is 2.59 bits per heavy atom. The van der Waals surface area contributed by atoms with Crippen LogP contribution < -0.4 is 16.0 Å². The van der Waals surface area contributed by atoms with E-state index in [0.29, 0.717) is 49.2 Å². The Balaban J connectivity index is 1.36. The monoisotopic (exact) mass is 506 g/mol. The van der Waals surface area contributed by atoms with Crippen LogP contribution in [-0.4, -0.2) is 53.4 Å². The van der Waals surface area contributed by atoms with Crippen LogP contribution in [0, 0.1) is 11.6 Å². The summed E-state index contributed by atoms with van der Waals surface area (Å²) in [5.41, 5.74) is 8.87. The van der Waals surface area contributed by atoms with Gasteiger partial charge < -0.3 is 20.9 Å². The third-order valence-corrected chi connectivity index (χ3v) is 7.03. The predicted molar refractivity (Wildman–Crippen MR) is 135 cm³/mol. The Morgan fingerprint density at radius 1 is 1.05 bits per heavy atom. The largest absolute Gasteiger partial charge is 0.377 e. The van der Waals surface area contributed by atoms with E-state index in [4.69, 9.17) is 5.73 Å². The molecule has 2 amide bonds. The van der Waals surface area contributed by atoms with Crippen molar-refractivity contribution in [2.75, 3.05) is 36.9 Å². The highest BCUT2D eigenvalue weighted by Crippen LogP contribution is 2.37. The minimum absolute atomic E-state index is 0.0723. The van der Waals surface area contributed by atoms with E-state index in [0.717, 1.165) is 36.6 Å². The number of hydrogen-bond donors (Lipinski definition) is 2. The molecule has 3 heterocycles. The number of fused-ring (bicyclic) bond motifs is 1. The summed E-state index contributed by atoms with van der Waals surface area (Å²) in [6.07, 6.45) is 4.78. The Morgan fingerprint density at radius 2 is 1.84 bits per heavy atom. The van der Waals surface area contributed by atoms with Crippen LogP contribution in [0.5, 0.6) is 0 Å². The zero-order valence-corrected chi connectivity index (χ0v) is 20.5. The van der Waals surface area contributed by atoms with Crippen LogP contribution in [0.4, 0.5) is 20.2 Å². The third-order valence-electron chi connectivity index (χ3n) is 7.03. The maximum absolute atomic E-state index is 14.5. The summed E-state index contributed by atoms with van der Waals surface area (Å²) < 4.78 is 28.7. The number of nitrogens with zero attached hydrogens (tertiary/aromatic N) is 4. The molecule has 3 N–H and O–H groups in total. The zero-order chi connectivity index (χ0) is 26.1. The second kappa shape index (κ2) is 10.2. The molecule has 1 fully saturated rings. The molecule has 1 unspecified atom stereocenters. The smallest absolute Gasteiger partial charge is 0.252 e. The number of nitrogens with two attached hydrogens (primary N) is 1. The molecule has 1 aromatic carbocycles. The molecule has 2 aliphatic rings. The SMILES string of the molecule is CN1CCC(=O)N(c2ccc(Cc3cc(NC4CCc5c(F)ccc(F)c54)c(C(N)=O)cn3)nc2)CC1. The number of pyridine rings is 2. The molecule has 5 rings (SSSR count). The summed E-state index contributed by atoms with van der Waals surface area (Å²) in [4.78, 5) is 37.3. The number of halogens is 2. The molecule has 3 aromatic rings. The van der Waals surface area contributed by atoms with Gasteiger partial charge in [-0.25, -0.2) is 8.78 Å². The quantitative estimate of drug-likeness (QED) is 0.532. The standard InChI is InChI=1S/C27H28F2N6O2/c1-34-9-8-25(36)35(11-10-34)18-3-2-16(31-14-18)12-17-13-24(20(15-32-17)27(30)37)33-23-7-4-19-21(28)5-6-22(29)26(19)23/h2-3,5-6,13-15,23H,4,7-12H2,1H3,(H2,30,37)(H,32,33). The molecule has 0 saturated carbocycles. The molecule has 1 aliphatic heterocycles. The average molecular weight is 507 g/mol. The van der Waals surface area contributed by atoms with Gasteiger partial charge in [-0.05, 0) is 55.8 Å². The summed E-state index contributed by atoms with van der Waals surface area (Å²) in [6.45, 7) is 2.13. The van der Waals surface area contributed by atoms with Crippen LogP contribution in [0.2, 0.25) is 0 Å². The number of primary amides is 1. The fourth-order valence-electron chi connectivity index (χ4n) is 4.98. The molecular formula is C27H28F2N6O2. The Kier molecular flexibility index (Phi) is 6.84. The van der Waals surface area contributed by atoms with Crippen molar-refractivity contribution in [1.82, 2.24) is 14.9 Å². The lowest BCUT2D eigenvalue weighted by Gasteiger charge is -2.21. The maximum Gasteiger partial charge on any atom is 0.252 e. The Labute approximate surface area is 213 Å². The number of anilines is 2. The molecule has 1 saturated heterocycles. The molecule has 8 nitrogen and oxygen atoms in total. The highest BCUT2D eigenvalue weighted by atomic mass is 19.1. The van der Waals surface area contributed by atoms with Crippen LogP contribution in [0.3, 0.4) is 0 Å². The van der Waals surface area contributed by atoms with Gasteiger partial charge in [0, 0.05) is 55.6 Å². The van der Waals surface area contributed by atoms with E-state index < -0.39 is 23.6 Å². The highest BCUT2D eigenvalue weighted by Gasteiger charge is 2.29. The lowest BCUT2D eigenvalue weighted by molar-refractivity contribution is -0.118. The van der Waals surface area contributed by atoms with Gasteiger partial charge in [0.05, 0.1) is 29.2 Å². The van der Waals surface area contributed by atoms with Crippen molar-refractivity contribution in [3.8, 4) is 0 Å². The van der Waals surface area contributed by atoms with Gasteiger partial charge in [-0.3, -0.25) is 19.6 Å². The molecular weight excluding hydrogens is 478 g/mol. The van der Waals surface area contributed by atoms with Crippen LogP contribution in [0.1, 0.15) is 51.8 Å². The summed E-state index contributed by atoms with van der Waals surface area (Å²) in [5, 5.41) is 3.19. The number of aromatic nitrogens is 2. The van der Waals surface area contributed by atoms with Crippen molar-refractivity contribution in [1.29, 1.82) is 0 Å². The minimum Gasteiger partial charge on any atom is -0.377 e. The van der Waals surface area contributed by atoms with Gasteiger partial charge in [0.15, 0.2) is 0 Å². The Bertz CT molecular complexity index is 1350. The Hall–Kier alpha value is -3.92. The minimum atomic E-state index is -0.672. The maximum atomic E-state index is 14.5. The fraction of sp³-hybridized carbons (Fsp3) is 0.333. The molecule has 1 atom stereocenters. The van der Waals surface area contributed by atoms with Gasteiger partial charge >= 0.3 is 0 Å². The highest BCUT2D eigenvalue weighted by molar-refractivity contribution is 5.98. The zero-order valence-electron chi connectivity index (χ0n) is 20.5. The number of nitrogens with one attached hydrogen (secondary N) is 1. The molecule has 2 aromatic heterocycles. The van der Waals surface area contributed by atoms with Crippen LogP contribution in [0.15, 0.2) is 42.7 Å². The summed E-state index contributed by atoms with van der Waals surface area (Å²) in [6, 6.07) is 7.17. The second-order valence-electron chi connectivity index (χ2n) is 9.53. The van der Waals surface area contributed by atoms with E-state index in [1.54, 1.807) is 17.2 Å². The van der Waals surface area contributed by atoms with Gasteiger partial charge in [-0.2, -0.15) is 0 Å². The van der Waals surface area contributed by atoms with E-state index in [1.165, 1.54) is 6.20 Å². The number of benzene rings is 1. The number of hydrogen-bond acceptors (Lipinski definition) is 6. The number of carbonyl (C=O) groups excluding carboxylic acids is 2. The number of likely N-dealkylation sites (N-methyl/N-ethyl adjacent to an activating group) is 1. The summed E-state index contributed by atoms with van der Waals surface area (Å²) >= 11 is 0. The average Bonchev–Trinajstić information content (AvgIpc) is 3.23. The predicted octanol–water partition coefficient (Wildman–Crippen LogP) is 3.21. The number of amides is 2. The molecule has 37 heavy (non-hydrogen) atoms. The lowest BCUT2D eigenvalue weighted by atomic mass is 10.1. The molecule has 0 radical (unpaired) electrons. The van der Waals surface area contributed by atoms with E-state index in [9.17, 15) is 18.4 Å². The van der Waals surface area contributed by atoms with Gasteiger partial charge in [0.25, 0.3) is 5.91 Å². The van der Waals surface area contributed by atoms with Crippen molar-refractivity contribution in [3.05, 3.63) is 82.4 Å². The second-order valence-corrected chi connectivity index (χ2v) is 9.53. The van der Waals surface area contributed by atoms with Crippen LogP contribution in [0.25, 0.3) is 0 Å². The molecule has 0 bridgehead atoms. The van der Waals surface area contributed by atoms with E-state index in [1.807, 2.05) is 19.2 Å². The summed E-state index contributed by atoms with van der Waals surface area (Å²) in [7, 11) is 2.00. The fourth-order valence-corrected chi connectivity index (χ4v) is 4.98. The van der Waals surface area contributed by atoms with Crippen molar-refractivity contribution in [2.45, 2.75) is 31.7 Å². The van der Waals surface area contributed by atoms with Gasteiger partial charge in [-0.1, -0.05) is 0 Å².